The molecule has 2 aliphatic rings. The van der Waals surface area contributed by atoms with Crippen LogP contribution in [0.1, 0.15) is 54.5 Å². The third-order valence-corrected chi connectivity index (χ3v) is 5.65. The fourth-order valence-electron chi connectivity index (χ4n) is 3.44. The van der Waals surface area contributed by atoms with Gasteiger partial charge in [0.05, 0.1) is 6.04 Å². The Morgan fingerprint density at radius 2 is 2.16 bits per heavy atom. The molecule has 0 spiro atoms. The first kappa shape index (κ1) is 16.4. The minimum absolute atomic E-state index is 0.153. The van der Waals surface area contributed by atoms with Crippen molar-refractivity contribution in [1.29, 1.82) is 0 Å². The third-order valence-electron chi connectivity index (χ3n) is 5.32. The van der Waals surface area contributed by atoms with E-state index in [-0.39, 0.29) is 6.04 Å². The van der Waals surface area contributed by atoms with Crippen LogP contribution in [-0.4, -0.2) is 21.0 Å². The molecule has 2 aromatic heterocycles. The van der Waals surface area contributed by atoms with Crippen LogP contribution in [0.15, 0.2) is 31.1 Å². The lowest BCUT2D eigenvalue weighted by atomic mass is 9.96. The fraction of sp³-hybridized carbons (Fsp3) is 0.400. The Labute approximate surface area is 153 Å². The first-order chi connectivity index (χ1) is 12.0. The minimum atomic E-state index is 0.153. The molecule has 5 heteroatoms. The van der Waals surface area contributed by atoms with Gasteiger partial charge in [0, 0.05) is 41.3 Å². The summed E-state index contributed by atoms with van der Waals surface area (Å²) in [6, 6.07) is 4.30. The van der Waals surface area contributed by atoms with E-state index >= 15 is 0 Å². The standard InChI is InChI=1S/C20H22ClN3O/c1-12-9-15(10-23-20(12)25-16-5-4-6-16)13(2)24-11-18-17(14(24)3)7-8-22-19(18)21/h7-10,13,16H,3-6,11H2,1-2H3. The molecule has 0 amide bonds. The molecule has 2 aromatic rings. The minimum Gasteiger partial charge on any atom is -0.474 e. The van der Waals surface area contributed by atoms with Crippen molar-refractivity contribution in [2.75, 3.05) is 0 Å². The van der Waals surface area contributed by atoms with Crippen molar-refractivity contribution < 1.29 is 4.74 Å². The first-order valence-electron chi connectivity index (χ1n) is 8.77. The predicted octanol–water partition coefficient (Wildman–Crippen LogP) is 4.92. The van der Waals surface area contributed by atoms with Crippen molar-refractivity contribution in [2.45, 2.75) is 51.8 Å². The van der Waals surface area contributed by atoms with Crippen LogP contribution in [-0.2, 0) is 6.54 Å². The van der Waals surface area contributed by atoms with E-state index < -0.39 is 0 Å². The summed E-state index contributed by atoms with van der Waals surface area (Å²) in [5.74, 6) is 0.761. The van der Waals surface area contributed by atoms with Gasteiger partial charge in [-0.3, -0.25) is 0 Å². The van der Waals surface area contributed by atoms with Gasteiger partial charge in [-0.05, 0) is 50.8 Å². The maximum atomic E-state index is 6.26. The zero-order chi connectivity index (χ0) is 17.6. The number of aryl methyl sites for hydroxylation is 1. The van der Waals surface area contributed by atoms with Crippen LogP contribution >= 0.6 is 11.6 Å². The molecule has 1 aliphatic heterocycles. The highest BCUT2D eigenvalue weighted by molar-refractivity contribution is 6.30. The third kappa shape index (κ3) is 2.89. The average Bonchev–Trinajstić information content (AvgIpc) is 2.90. The Morgan fingerprint density at radius 1 is 1.36 bits per heavy atom. The van der Waals surface area contributed by atoms with Gasteiger partial charge >= 0.3 is 0 Å². The molecule has 0 aromatic carbocycles. The van der Waals surface area contributed by atoms with Gasteiger partial charge in [-0.25, -0.2) is 9.97 Å². The van der Waals surface area contributed by atoms with Crippen LogP contribution in [0.4, 0.5) is 0 Å². The van der Waals surface area contributed by atoms with Gasteiger partial charge in [-0.2, -0.15) is 0 Å². The molecule has 0 N–H and O–H groups in total. The largest absolute Gasteiger partial charge is 0.474 e. The lowest BCUT2D eigenvalue weighted by Crippen LogP contribution is -2.25. The number of nitrogens with zero attached hydrogens (tertiary/aromatic N) is 3. The molecule has 4 nitrogen and oxygen atoms in total. The average molecular weight is 356 g/mol. The number of hydrogen-bond acceptors (Lipinski definition) is 4. The molecule has 0 bridgehead atoms. The fourth-order valence-corrected chi connectivity index (χ4v) is 3.66. The molecule has 0 saturated heterocycles. The molecule has 1 atom stereocenters. The van der Waals surface area contributed by atoms with Crippen molar-refractivity contribution >= 4 is 17.3 Å². The van der Waals surface area contributed by atoms with E-state index in [1.54, 1.807) is 6.20 Å². The summed E-state index contributed by atoms with van der Waals surface area (Å²) in [5.41, 5.74) is 5.35. The second-order valence-electron chi connectivity index (χ2n) is 6.94. The number of aromatic nitrogens is 2. The van der Waals surface area contributed by atoms with E-state index in [0.29, 0.717) is 11.3 Å². The van der Waals surface area contributed by atoms with Gasteiger partial charge in [0.2, 0.25) is 5.88 Å². The molecule has 4 rings (SSSR count). The number of rotatable bonds is 4. The number of hydrogen-bond donors (Lipinski definition) is 0. The van der Waals surface area contributed by atoms with Crippen LogP contribution in [0, 0.1) is 6.92 Å². The monoisotopic (exact) mass is 355 g/mol. The van der Waals surface area contributed by atoms with Crippen LogP contribution in [0.3, 0.4) is 0 Å². The highest BCUT2D eigenvalue weighted by Gasteiger charge is 2.29. The van der Waals surface area contributed by atoms with Crippen LogP contribution in [0.5, 0.6) is 5.88 Å². The van der Waals surface area contributed by atoms with E-state index in [2.05, 4.69) is 41.4 Å². The van der Waals surface area contributed by atoms with Crippen molar-refractivity contribution in [2.24, 2.45) is 0 Å². The van der Waals surface area contributed by atoms with Gasteiger partial charge in [0.25, 0.3) is 0 Å². The summed E-state index contributed by atoms with van der Waals surface area (Å²) in [5, 5.41) is 0.562. The summed E-state index contributed by atoms with van der Waals surface area (Å²) in [6.07, 6.45) is 7.53. The molecule has 1 fully saturated rings. The molecular weight excluding hydrogens is 334 g/mol. The van der Waals surface area contributed by atoms with Gasteiger partial charge in [-0.1, -0.05) is 18.2 Å². The lowest BCUT2D eigenvalue weighted by molar-refractivity contribution is 0.113. The number of pyridine rings is 2. The second kappa shape index (κ2) is 6.34. The summed E-state index contributed by atoms with van der Waals surface area (Å²) < 4.78 is 5.96. The van der Waals surface area contributed by atoms with Crippen molar-refractivity contribution in [3.63, 3.8) is 0 Å². The molecule has 0 radical (unpaired) electrons. The second-order valence-corrected chi connectivity index (χ2v) is 7.30. The SMILES string of the molecule is C=C1c2ccnc(Cl)c2CN1C(C)c1cnc(OC2CCC2)c(C)c1. The van der Waals surface area contributed by atoms with Gasteiger partial charge in [0.15, 0.2) is 0 Å². The Bertz CT molecular complexity index is 832. The molecule has 25 heavy (non-hydrogen) atoms. The van der Waals surface area contributed by atoms with Gasteiger partial charge < -0.3 is 9.64 Å². The topological polar surface area (TPSA) is 38.2 Å². The first-order valence-corrected chi connectivity index (χ1v) is 9.15. The molecule has 130 valence electrons. The molecule has 1 saturated carbocycles. The summed E-state index contributed by atoms with van der Waals surface area (Å²) >= 11 is 6.26. The highest BCUT2D eigenvalue weighted by Crippen LogP contribution is 2.40. The summed E-state index contributed by atoms with van der Waals surface area (Å²) in [7, 11) is 0. The van der Waals surface area contributed by atoms with Crippen LogP contribution in [0.2, 0.25) is 5.15 Å². The number of fused-ring (bicyclic) bond motifs is 1. The van der Waals surface area contributed by atoms with Crippen LogP contribution in [0.25, 0.3) is 5.70 Å². The zero-order valence-corrected chi connectivity index (χ0v) is 15.4. The Morgan fingerprint density at radius 3 is 2.80 bits per heavy atom. The van der Waals surface area contributed by atoms with E-state index in [1.165, 1.54) is 6.42 Å². The predicted molar refractivity (Wildman–Crippen MR) is 99.5 cm³/mol. The van der Waals surface area contributed by atoms with Crippen LogP contribution < -0.4 is 4.74 Å². The van der Waals surface area contributed by atoms with Crippen molar-refractivity contribution in [3.8, 4) is 5.88 Å². The van der Waals surface area contributed by atoms with Crippen molar-refractivity contribution in [3.05, 3.63) is 58.5 Å². The summed E-state index contributed by atoms with van der Waals surface area (Å²) in [4.78, 5) is 11.0. The Kier molecular flexibility index (Phi) is 4.16. The maximum Gasteiger partial charge on any atom is 0.216 e. The maximum absolute atomic E-state index is 6.26. The van der Waals surface area contributed by atoms with E-state index in [0.717, 1.165) is 53.2 Å². The number of ether oxygens (including phenoxy) is 1. The van der Waals surface area contributed by atoms with E-state index in [4.69, 9.17) is 16.3 Å². The summed E-state index contributed by atoms with van der Waals surface area (Å²) in [6.45, 7) is 9.21. The van der Waals surface area contributed by atoms with Gasteiger partial charge in [-0.15, -0.1) is 0 Å². The highest BCUT2D eigenvalue weighted by atomic mass is 35.5. The molecule has 3 heterocycles. The van der Waals surface area contributed by atoms with E-state index in [9.17, 15) is 0 Å². The zero-order valence-electron chi connectivity index (χ0n) is 14.6. The number of halogens is 1. The van der Waals surface area contributed by atoms with E-state index in [1.807, 2.05) is 12.3 Å². The smallest absolute Gasteiger partial charge is 0.216 e. The van der Waals surface area contributed by atoms with Gasteiger partial charge in [0.1, 0.15) is 11.3 Å². The van der Waals surface area contributed by atoms with Crippen molar-refractivity contribution in [1.82, 2.24) is 14.9 Å². The molecule has 1 aliphatic carbocycles. The quantitative estimate of drug-likeness (QED) is 0.730. The molecule has 1 unspecified atom stereocenters. The Hall–Kier alpha value is -2.07. The normalized spacial score (nSPS) is 18.0. The Balaban J connectivity index is 1.55. The lowest BCUT2D eigenvalue weighted by Gasteiger charge is -2.29. The molecular formula is C20H22ClN3O.